The van der Waals surface area contributed by atoms with Gasteiger partial charge in [-0.1, -0.05) is 5.21 Å². The molecule has 1 fully saturated rings. The largest absolute Gasteiger partial charge is 0.395 e. The highest BCUT2D eigenvalue weighted by Crippen LogP contribution is 2.45. The van der Waals surface area contributed by atoms with Gasteiger partial charge in [0.15, 0.2) is 5.82 Å². The summed E-state index contributed by atoms with van der Waals surface area (Å²) < 4.78 is 0. The van der Waals surface area contributed by atoms with Gasteiger partial charge in [0, 0.05) is 0 Å². The van der Waals surface area contributed by atoms with Gasteiger partial charge in [0.05, 0.1) is 12.0 Å². The lowest BCUT2D eigenvalue weighted by atomic mass is 10.1. The molecule has 1 aromatic rings. The number of hydrogen-bond acceptors (Lipinski definition) is 4. The minimum absolute atomic E-state index is 0.131. The van der Waals surface area contributed by atoms with E-state index in [-0.39, 0.29) is 12.0 Å². The highest BCUT2D eigenvalue weighted by molar-refractivity contribution is 5.15. The second-order valence-corrected chi connectivity index (χ2v) is 2.67. The minimum Gasteiger partial charge on any atom is -0.395 e. The molecule has 0 amide bonds. The molecular formula is C5H8N4O. The number of aromatic nitrogens is 4. The van der Waals surface area contributed by atoms with E-state index in [0.717, 1.165) is 12.8 Å². The average Bonchev–Trinajstić information content (AvgIpc) is 2.58. The van der Waals surface area contributed by atoms with E-state index in [1.54, 1.807) is 0 Å². The highest BCUT2D eigenvalue weighted by atomic mass is 16.3. The predicted octanol–water partition coefficient (Wildman–Crippen LogP) is -0.776. The van der Waals surface area contributed by atoms with E-state index >= 15 is 0 Å². The summed E-state index contributed by atoms with van der Waals surface area (Å²) >= 11 is 0. The fourth-order valence-corrected chi connectivity index (χ4v) is 0.990. The molecule has 0 atom stereocenters. The first kappa shape index (κ1) is 5.79. The lowest BCUT2D eigenvalue weighted by molar-refractivity contribution is 0.250. The molecule has 1 aromatic heterocycles. The number of rotatable bonds is 2. The molecule has 0 saturated heterocycles. The average molecular weight is 140 g/mol. The molecule has 2 N–H and O–H groups in total. The van der Waals surface area contributed by atoms with Crippen molar-refractivity contribution in [1.29, 1.82) is 0 Å². The zero-order valence-electron chi connectivity index (χ0n) is 5.41. The van der Waals surface area contributed by atoms with E-state index in [9.17, 15) is 0 Å². The number of hydrogen-bond donors (Lipinski definition) is 2. The first-order valence-corrected chi connectivity index (χ1v) is 3.22. The molecule has 1 heterocycles. The summed E-state index contributed by atoms with van der Waals surface area (Å²) in [5.41, 5.74) is -0.146. The second kappa shape index (κ2) is 1.76. The van der Waals surface area contributed by atoms with Crippen LogP contribution in [0.3, 0.4) is 0 Å². The lowest BCUT2D eigenvalue weighted by Gasteiger charge is -2.02. The molecule has 5 nitrogen and oxygen atoms in total. The molecule has 1 aliphatic rings. The lowest BCUT2D eigenvalue weighted by Crippen LogP contribution is -2.13. The summed E-state index contributed by atoms with van der Waals surface area (Å²) in [5, 5.41) is 22.3. The van der Waals surface area contributed by atoms with Crippen molar-refractivity contribution in [2.75, 3.05) is 6.61 Å². The standard InChI is InChI=1S/C5H8N4O/c10-3-5(1-2-5)4-6-8-9-7-4/h10H,1-3H2,(H,6,7,8,9). The Hall–Kier alpha value is -0.970. The third-order valence-electron chi connectivity index (χ3n) is 1.98. The van der Waals surface area contributed by atoms with Crippen LogP contribution in [0, 0.1) is 0 Å². The molecule has 54 valence electrons. The molecule has 0 unspecified atom stereocenters. The molecule has 1 aliphatic carbocycles. The van der Waals surface area contributed by atoms with Gasteiger partial charge in [-0.05, 0) is 12.8 Å². The van der Waals surface area contributed by atoms with Gasteiger partial charge >= 0.3 is 0 Å². The summed E-state index contributed by atoms with van der Waals surface area (Å²) in [4.78, 5) is 0. The summed E-state index contributed by atoms with van der Waals surface area (Å²) in [6.07, 6.45) is 1.95. The van der Waals surface area contributed by atoms with Crippen molar-refractivity contribution < 1.29 is 5.11 Å². The number of nitrogens with one attached hydrogen (secondary N) is 1. The Morgan fingerprint density at radius 2 is 2.40 bits per heavy atom. The summed E-state index contributed by atoms with van der Waals surface area (Å²) in [6.45, 7) is 0.131. The van der Waals surface area contributed by atoms with Gasteiger partial charge in [0.25, 0.3) is 0 Å². The van der Waals surface area contributed by atoms with Crippen LogP contribution in [0.1, 0.15) is 18.7 Å². The SMILES string of the molecule is OCC1(c2nn[nH]n2)CC1. The number of aromatic amines is 1. The van der Waals surface area contributed by atoms with Crippen molar-refractivity contribution in [2.45, 2.75) is 18.3 Å². The summed E-state index contributed by atoms with van der Waals surface area (Å²) in [5.74, 6) is 0.648. The molecular weight excluding hydrogens is 132 g/mol. The van der Waals surface area contributed by atoms with Crippen LogP contribution in [0.25, 0.3) is 0 Å². The third-order valence-corrected chi connectivity index (χ3v) is 1.98. The Morgan fingerprint density at radius 1 is 1.60 bits per heavy atom. The van der Waals surface area contributed by atoms with Gasteiger partial charge < -0.3 is 5.11 Å². The molecule has 0 bridgehead atoms. The Kier molecular flexibility index (Phi) is 1.02. The molecule has 0 spiro atoms. The van der Waals surface area contributed by atoms with Crippen LogP contribution in [0.15, 0.2) is 0 Å². The van der Waals surface area contributed by atoms with E-state index in [1.807, 2.05) is 0 Å². The highest BCUT2D eigenvalue weighted by Gasteiger charge is 2.47. The normalized spacial score (nSPS) is 20.9. The van der Waals surface area contributed by atoms with Crippen LogP contribution < -0.4 is 0 Å². The van der Waals surface area contributed by atoms with Crippen LogP contribution >= 0.6 is 0 Å². The Bertz CT molecular complexity index is 216. The van der Waals surface area contributed by atoms with Gasteiger partial charge in [-0.2, -0.15) is 5.21 Å². The Morgan fingerprint density at radius 3 is 2.80 bits per heavy atom. The maximum absolute atomic E-state index is 8.91. The molecule has 10 heavy (non-hydrogen) atoms. The number of H-pyrrole nitrogens is 1. The van der Waals surface area contributed by atoms with Gasteiger partial charge in [-0.3, -0.25) is 0 Å². The number of aliphatic hydroxyl groups excluding tert-OH is 1. The maximum atomic E-state index is 8.91. The third kappa shape index (κ3) is 0.637. The zero-order valence-corrected chi connectivity index (χ0v) is 5.41. The summed E-state index contributed by atoms with van der Waals surface area (Å²) in [7, 11) is 0. The molecule has 1 saturated carbocycles. The zero-order chi connectivity index (χ0) is 7.03. The second-order valence-electron chi connectivity index (χ2n) is 2.67. The van der Waals surface area contributed by atoms with E-state index in [1.165, 1.54) is 0 Å². The van der Waals surface area contributed by atoms with Crippen LogP contribution in [0.4, 0.5) is 0 Å². The first-order chi connectivity index (χ1) is 4.87. The topological polar surface area (TPSA) is 74.7 Å². The Balaban J connectivity index is 2.27. The predicted molar refractivity (Wildman–Crippen MR) is 32.2 cm³/mol. The monoisotopic (exact) mass is 140 g/mol. The van der Waals surface area contributed by atoms with Crippen molar-refractivity contribution in [3.8, 4) is 0 Å². The Labute approximate surface area is 57.5 Å². The fourth-order valence-electron chi connectivity index (χ4n) is 0.990. The van der Waals surface area contributed by atoms with Gasteiger partial charge in [-0.25, -0.2) is 0 Å². The van der Waals surface area contributed by atoms with Crippen molar-refractivity contribution in [2.24, 2.45) is 0 Å². The molecule has 2 rings (SSSR count). The first-order valence-electron chi connectivity index (χ1n) is 3.22. The quantitative estimate of drug-likeness (QED) is 0.565. The van der Waals surface area contributed by atoms with Gasteiger partial charge in [-0.15, -0.1) is 10.2 Å². The minimum atomic E-state index is -0.146. The number of nitrogens with zero attached hydrogens (tertiary/aromatic N) is 3. The van der Waals surface area contributed by atoms with Gasteiger partial charge in [0.2, 0.25) is 0 Å². The van der Waals surface area contributed by atoms with Crippen molar-refractivity contribution in [3.05, 3.63) is 5.82 Å². The fraction of sp³-hybridized carbons (Fsp3) is 0.800. The van der Waals surface area contributed by atoms with Gasteiger partial charge in [0.1, 0.15) is 0 Å². The summed E-state index contributed by atoms with van der Waals surface area (Å²) in [6, 6.07) is 0. The molecule has 0 aliphatic heterocycles. The molecule has 0 radical (unpaired) electrons. The van der Waals surface area contributed by atoms with E-state index < -0.39 is 0 Å². The smallest absolute Gasteiger partial charge is 0.182 e. The van der Waals surface area contributed by atoms with E-state index in [2.05, 4.69) is 20.6 Å². The molecule has 0 aromatic carbocycles. The maximum Gasteiger partial charge on any atom is 0.182 e. The van der Waals surface area contributed by atoms with E-state index in [0.29, 0.717) is 5.82 Å². The van der Waals surface area contributed by atoms with Crippen LogP contribution in [-0.2, 0) is 5.41 Å². The van der Waals surface area contributed by atoms with Crippen molar-refractivity contribution >= 4 is 0 Å². The van der Waals surface area contributed by atoms with E-state index in [4.69, 9.17) is 5.11 Å². The number of tetrazole rings is 1. The number of aliphatic hydroxyl groups is 1. The van der Waals surface area contributed by atoms with Crippen LogP contribution in [-0.4, -0.2) is 32.3 Å². The van der Waals surface area contributed by atoms with Crippen molar-refractivity contribution in [1.82, 2.24) is 20.6 Å². The van der Waals surface area contributed by atoms with Crippen molar-refractivity contribution in [3.63, 3.8) is 0 Å². The van der Waals surface area contributed by atoms with Crippen LogP contribution in [0.5, 0.6) is 0 Å². The van der Waals surface area contributed by atoms with Crippen LogP contribution in [0.2, 0.25) is 0 Å². The molecule has 5 heteroatoms.